The first-order chi connectivity index (χ1) is 10.1. The smallest absolute Gasteiger partial charge is 0.178 e. The Morgan fingerprint density at radius 2 is 1.90 bits per heavy atom. The van der Waals surface area contributed by atoms with E-state index < -0.39 is 0 Å². The SMILES string of the molecule is CCN1CCC(Cn2c(=S)[nH]c3cc(Cl)c(Cl)cc32)CC1. The number of piperidine rings is 1. The van der Waals surface area contributed by atoms with Crippen molar-refractivity contribution in [3.05, 3.63) is 26.9 Å². The Morgan fingerprint density at radius 3 is 2.57 bits per heavy atom. The van der Waals surface area contributed by atoms with E-state index in [4.69, 9.17) is 35.4 Å². The van der Waals surface area contributed by atoms with Crippen molar-refractivity contribution in [1.82, 2.24) is 14.5 Å². The fraction of sp³-hybridized carbons (Fsp3) is 0.533. The average molecular weight is 344 g/mol. The van der Waals surface area contributed by atoms with Crippen LogP contribution in [0, 0.1) is 10.7 Å². The lowest BCUT2D eigenvalue weighted by Crippen LogP contribution is -2.34. The number of rotatable bonds is 3. The van der Waals surface area contributed by atoms with E-state index in [0.717, 1.165) is 28.9 Å². The minimum absolute atomic E-state index is 0.559. The van der Waals surface area contributed by atoms with Crippen LogP contribution in [0.15, 0.2) is 12.1 Å². The lowest BCUT2D eigenvalue weighted by Gasteiger charge is -2.31. The van der Waals surface area contributed by atoms with Crippen LogP contribution in [0.25, 0.3) is 11.0 Å². The number of nitrogens with zero attached hydrogens (tertiary/aromatic N) is 2. The number of fused-ring (bicyclic) bond motifs is 1. The van der Waals surface area contributed by atoms with E-state index in [-0.39, 0.29) is 0 Å². The number of likely N-dealkylation sites (tertiary alicyclic amines) is 1. The van der Waals surface area contributed by atoms with E-state index in [1.165, 1.54) is 25.9 Å². The van der Waals surface area contributed by atoms with Crippen LogP contribution in [-0.4, -0.2) is 34.1 Å². The summed E-state index contributed by atoms with van der Waals surface area (Å²) in [6.45, 7) is 6.69. The number of nitrogens with one attached hydrogen (secondary N) is 1. The molecule has 0 saturated carbocycles. The summed E-state index contributed by atoms with van der Waals surface area (Å²) in [5, 5.41) is 1.14. The van der Waals surface area contributed by atoms with Gasteiger partial charge in [-0.1, -0.05) is 30.1 Å². The molecular formula is C15H19Cl2N3S. The molecular weight excluding hydrogens is 325 g/mol. The fourth-order valence-corrected chi connectivity index (χ4v) is 3.68. The molecule has 21 heavy (non-hydrogen) atoms. The van der Waals surface area contributed by atoms with Gasteiger partial charge < -0.3 is 14.5 Å². The van der Waals surface area contributed by atoms with Gasteiger partial charge in [-0.25, -0.2) is 0 Å². The van der Waals surface area contributed by atoms with Crippen molar-refractivity contribution in [3.8, 4) is 0 Å². The monoisotopic (exact) mass is 343 g/mol. The molecule has 1 aromatic heterocycles. The Balaban J connectivity index is 1.86. The molecule has 1 fully saturated rings. The Kier molecular flexibility index (Phi) is 4.60. The molecule has 0 aliphatic carbocycles. The van der Waals surface area contributed by atoms with Crippen molar-refractivity contribution < 1.29 is 0 Å². The number of hydrogen-bond donors (Lipinski definition) is 1. The molecule has 2 heterocycles. The Morgan fingerprint density at radius 1 is 1.24 bits per heavy atom. The summed E-state index contributed by atoms with van der Waals surface area (Å²) >= 11 is 17.7. The zero-order chi connectivity index (χ0) is 15.0. The first-order valence-corrected chi connectivity index (χ1v) is 8.54. The molecule has 3 nitrogen and oxygen atoms in total. The number of hydrogen-bond acceptors (Lipinski definition) is 2. The zero-order valence-electron chi connectivity index (χ0n) is 12.0. The summed E-state index contributed by atoms with van der Waals surface area (Å²) in [7, 11) is 0. The van der Waals surface area contributed by atoms with Gasteiger partial charge in [-0.3, -0.25) is 0 Å². The second-order valence-corrected chi connectivity index (χ2v) is 6.90. The second-order valence-electron chi connectivity index (χ2n) is 5.70. The largest absolute Gasteiger partial charge is 0.331 e. The fourth-order valence-electron chi connectivity index (χ4n) is 3.08. The van der Waals surface area contributed by atoms with Crippen LogP contribution in [-0.2, 0) is 6.54 Å². The van der Waals surface area contributed by atoms with E-state index in [2.05, 4.69) is 21.4 Å². The van der Waals surface area contributed by atoms with Crippen molar-refractivity contribution >= 4 is 46.5 Å². The molecule has 1 saturated heterocycles. The quantitative estimate of drug-likeness (QED) is 0.814. The van der Waals surface area contributed by atoms with Gasteiger partial charge in [-0.2, -0.15) is 0 Å². The van der Waals surface area contributed by atoms with Gasteiger partial charge in [0.05, 0.1) is 21.1 Å². The number of halogens is 2. The normalized spacial score (nSPS) is 17.7. The van der Waals surface area contributed by atoms with Gasteiger partial charge in [0.1, 0.15) is 0 Å². The lowest BCUT2D eigenvalue weighted by atomic mass is 9.97. The van der Waals surface area contributed by atoms with Crippen LogP contribution in [0.2, 0.25) is 10.0 Å². The minimum Gasteiger partial charge on any atom is -0.331 e. The second kappa shape index (κ2) is 6.29. The molecule has 0 spiro atoms. The molecule has 2 aromatic rings. The maximum atomic E-state index is 6.15. The Bertz CT molecular complexity index is 699. The van der Waals surface area contributed by atoms with Gasteiger partial charge in [-0.05, 0) is 62.7 Å². The number of aromatic amines is 1. The van der Waals surface area contributed by atoms with E-state index in [9.17, 15) is 0 Å². The molecule has 0 amide bonds. The van der Waals surface area contributed by atoms with Gasteiger partial charge in [-0.15, -0.1) is 0 Å². The highest BCUT2D eigenvalue weighted by Crippen LogP contribution is 2.29. The van der Waals surface area contributed by atoms with E-state index in [1.54, 1.807) is 0 Å². The summed E-state index contributed by atoms with van der Waals surface area (Å²) in [5.41, 5.74) is 2.01. The van der Waals surface area contributed by atoms with Gasteiger partial charge in [0.25, 0.3) is 0 Å². The molecule has 0 unspecified atom stereocenters. The van der Waals surface area contributed by atoms with Gasteiger partial charge >= 0.3 is 0 Å². The predicted molar refractivity (Wildman–Crippen MR) is 92.0 cm³/mol. The van der Waals surface area contributed by atoms with Gasteiger partial charge in [0.15, 0.2) is 4.77 Å². The van der Waals surface area contributed by atoms with Crippen molar-refractivity contribution in [3.63, 3.8) is 0 Å². The topological polar surface area (TPSA) is 24.0 Å². The van der Waals surface area contributed by atoms with Crippen LogP contribution in [0.1, 0.15) is 19.8 Å². The maximum absolute atomic E-state index is 6.15. The number of aromatic nitrogens is 2. The zero-order valence-corrected chi connectivity index (χ0v) is 14.4. The van der Waals surface area contributed by atoms with Crippen LogP contribution in [0.3, 0.4) is 0 Å². The maximum Gasteiger partial charge on any atom is 0.178 e. The number of H-pyrrole nitrogens is 1. The van der Waals surface area contributed by atoms with Crippen molar-refractivity contribution in [2.45, 2.75) is 26.3 Å². The van der Waals surface area contributed by atoms with Gasteiger partial charge in [0.2, 0.25) is 0 Å². The summed E-state index contributed by atoms with van der Waals surface area (Å²) < 4.78 is 2.92. The molecule has 3 rings (SSSR count). The molecule has 114 valence electrons. The third kappa shape index (κ3) is 3.14. The van der Waals surface area contributed by atoms with Crippen molar-refractivity contribution in [2.75, 3.05) is 19.6 Å². The molecule has 1 aliphatic rings. The summed E-state index contributed by atoms with van der Waals surface area (Å²) in [6.07, 6.45) is 2.45. The molecule has 1 aromatic carbocycles. The van der Waals surface area contributed by atoms with E-state index >= 15 is 0 Å². The molecule has 0 bridgehead atoms. The van der Waals surface area contributed by atoms with Gasteiger partial charge in [0, 0.05) is 6.54 Å². The van der Waals surface area contributed by atoms with Crippen LogP contribution >= 0.6 is 35.4 Å². The summed E-state index contributed by atoms with van der Waals surface area (Å²) in [4.78, 5) is 5.73. The summed E-state index contributed by atoms with van der Waals surface area (Å²) in [5.74, 6) is 0.674. The molecule has 6 heteroatoms. The highest BCUT2D eigenvalue weighted by atomic mass is 35.5. The van der Waals surface area contributed by atoms with Crippen molar-refractivity contribution in [2.24, 2.45) is 5.92 Å². The van der Waals surface area contributed by atoms with Crippen LogP contribution < -0.4 is 0 Å². The Labute approximate surface area is 139 Å². The molecule has 1 N–H and O–H groups in total. The lowest BCUT2D eigenvalue weighted by molar-refractivity contribution is 0.181. The molecule has 0 radical (unpaired) electrons. The van der Waals surface area contributed by atoms with Crippen LogP contribution in [0.5, 0.6) is 0 Å². The van der Waals surface area contributed by atoms with E-state index in [1.807, 2.05) is 12.1 Å². The third-order valence-electron chi connectivity index (χ3n) is 4.41. The number of imidazole rings is 1. The first-order valence-electron chi connectivity index (χ1n) is 7.38. The van der Waals surface area contributed by atoms with Crippen LogP contribution in [0.4, 0.5) is 0 Å². The first kappa shape index (κ1) is 15.3. The highest BCUT2D eigenvalue weighted by Gasteiger charge is 2.19. The van der Waals surface area contributed by atoms with Crippen molar-refractivity contribution in [1.29, 1.82) is 0 Å². The summed E-state index contributed by atoms with van der Waals surface area (Å²) in [6, 6.07) is 3.76. The Hall–Kier alpha value is -0.550. The standard InChI is InChI=1S/C15H19Cl2N3S/c1-2-19-5-3-10(4-6-19)9-20-14-8-12(17)11(16)7-13(14)18-15(20)21/h7-8,10H,2-6,9H2,1H3,(H,18,21). The average Bonchev–Trinajstić information content (AvgIpc) is 2.76. The number of benzene rings is 1. The highest BCUT2D eigenvalue weighted by molar-refractivity contribution is 7.71. The third-order valence-corrected chi connectivity index (χ3v) is 5.46. The molecule has 1 aliphatic heterocycles. The van der Waals surface area contributed by atoms with E-state index in [0.29, 0.717) is 16.0 Å². The molecule has 0 atom stereocenters. The minimum atomic E-state index is 0.559. The predicted octanol–water partition coefficient (Wildman–Crippen LogP) is 4.74.